The van der Waals surface area contributed by atoms with Crippen LogP contribution in [0.3, 0.4) is 0 Å². The second-order valence-corrected chi connectivity index (χ2v) is 5.17. The summed E-state index contributed by atoms with van der Waals surface area (Å²) in [7, 11) is 1.50. The molecule has 0 radical (unpaired) electrons. The third-order valence-corrected chi connectivity index (χ3v) is 3.24. The Bertz CT molecular complexity index is 763. The number of benzene rings is 1. The van der Waals surface area contributed by atoms with Gasteiger partial charge >= 0.3 is 0 Å². The summed E-state index contributed by atoms with van der Waals surface area (Å²) in [5.74, 6) is -0.152. The van der Waals surface area contributed by atoms with E-state index in [-0.39, 0.29) is 18.1 Å². The van der Waals surface area contributed by atoms with Gasteiger partial charge in [0.15, 0.2) is 18.1 Å². The molecular formula is C15H20N6O5. The van der Waals surface area contributed by atoms with Crippen LogP contribution >= 0.6 is 0 Å². The van der Waals surface area contributed by atoms with Crippen LogP contribution in [0.2, 0.25) is 0 Å². The minimum Gasteiger partial charge on any atom is -0.493 e. The number of carbonyl (C=O) groups excluding carboxylic acids is 2. The van der Waals surface area contributed by atoms with Crippen LogP contribution in [0.25, 0.3) is 0 Å². The molecule has 1 heterocycles. The Morgan fingerprint density at radius 1 is 1.23 bits per heavy atom. The molecule has 140 valence electrons. The van der Waals surface area contributed by atoms with E-state index in [4.69, 9.17) is 20.9 Å². The minimum absolute atomic E-state index is 0.0405. The summed E-state index contributed by atoms with van der Waals surface area (Å²) in [5, 5.41) is 12.6. The average molecular weight is 364 g/mol. The first-order valence-electron chi connectivity index (χ1n) is 7.66. The normalized spacial score (nSPS) is 10.3. The largest absolute Gasteiger partial charge is 0.493 e. The maximum Gasteiger partial charge on any atom is 0.277 e. The molecule has 0 fully saturated rings. The van der Waals surface area contributed by atoms with Crippen molar-refractivity contribution < 1.29 is 23.7 Å². The first kappa shape index (κ1) is 19.0. The van der Waals surface area contributed by atoms with Gasteiger partial charge in [-0.2, -0.15) is 0 Å². The van der Waals surface area contributed by atoms with Gasteiger partial charge in [0.2, 0.25) is 11.5 Å². The summed E-state index contributed by atoms with van der Waals surface area (Å²) in [6, 6.07) is 5.30. The quantitative estimate of drug-likeness (QED) is 0.388. The van der Waals surface area contributed by atoms with Crippen molar-refractivity contribution in [2.75, 3.05) is 32.5 Å². The number of hydrogen-bond acceptors (Lipinski definition) is 9. The number of anilines is 1. The van der Waals surface area contributed by atoms with Gasteiger partial charge < -0.3 is 31.6 Å². The van der Waals surface area contributed by atoms with Crippen molar-refractivity contribution in [1.82, 2.24) is 20.9 Å². The highest BCUT2D eigenvalue weighted by Gasteiger charge is 2.14. The van der Waals surface area contributed by atoms with Gasteiger partial charge in [0.05, 0.1) is 7.11 Å². The predicted octanol–water partition coefficient (Wildman–Crippen LogP) is -0.956. The van der Waals surface area contributed by atoms with Crippen LogP contribution < -0.4 is 31.6 Å². The van der Waals surface area contributed by atoms with Crippen LogP contribution in [0.5, 0.6) is 11.5 Å². The van der Waals surface area contributed by atoms with Crippen molar-refractivity contribution in [3.8, 4) is 11.5 Å². The van der Waals surface area contributed by atoms with Crippen molar-refractivity contribution in [3.05, 3.63) is 29.5 Å². The highest BCUT2D eigenvalue weighted by atomic mass is 16.6. The van der Waals surface area contributed by atoms with Crippen LogP contribution in [0, 0.1) is 0 Å². The molecular weight excluding hydrogens is 344 g/mol. The van der Waals surface area contributed by atoms with Gasteiger partial charge in [-0.15, -0.1) is 0 Å². The monoisotopic (exact) mass is 364 g/mol. The molecule has 6 N–H and O–H groups in total. The van der Waals surface area contributed by atoms with E-state index in [1.807, 2.05) is 6.07 Å². The Kier molecular flexibility index (Phi) is 6.74. The SMILES string of the molecule is COc1cc(CNCCNC(=O)c2nonc2N)ccc1OCC(N)=O. The number of rotatable bonds is 10. The standard InChI is InChI=1S/C15H20N6O5/c1-24-11-6-9(2-3-10(11)25-8-12(16)22)7-18-4-5-19-15(23)13-14(17)21-26-20-13/h2-3,6,18H,4-5,7-8H2,1H3,(H2,16,22)(H2,17,21)(H,19,23). The molecule has 0 saturated carbocycles. The molecule has 0 aliphatic rings. The number of nitrogens with one attached hydrogen (secondary N) is 2. The molecule has 1 aromatic carbocycles. The summed E-state index contributed by atoms with van der Waals surface area (Å²) in [4.78, 5) is 22.5. The van der Waals surface area contributed by atoms with Gasteiger partial charge in [0.25, 0.3) is 11.8 Å². The molecule has 1 aromatic heterocycles. The number of carbonyl (C=O) groups is 2. The molecule has 0 atom stereocenters. The topological polar surface area (TPSA) is 168 Å². The molecule has 2 amide bonds. The van der Waals surface area contributed by atoms with Gasteiger partial charge in [-0.1, -0.05) is 6.07 Å². The fourth-order valence-corrected chi connectivity index (χ4v) is 2.02. The van der Waals surface area contributed by atoms with Gasteiger partial charge in [0.1, 0.15) is 0 Å². The number of hydrogen-bond donors (Lipinski definition) is 4. The Balaban J connectivity index is 1.76. The highest BCUT2D eigenvalue weighted by Crippen LogP contribution is 2.27. The lowest BCUT2D eigenvalue weighted by atomic mass is 10.2. The summed E-state index contributed by atoms with van der Waals surface area (Å²) >= 11 is 0. The number of methoxy groups -OCH3 is 1. The Morgan fingerprint density at radius 3 is 2.69 bits per heavy atom. The maximum atomic E-state index is 11.7. The van der Waals surface area contributed by atoms with Crippen LogP contribution in [0.4, 0.5) is 5.82 Å². The van der Waals surface area contributed by atoms with Crippen molar-refractivity contribution in [3.63, 3.8) is 0 Å². The first-order valence-corrected chi connectivity index (χ1v) is 7.66. The van der Waals surface area contributed by atoms with E-state index in [9.17, 15) is 9.59 Å². The van der Waals surface area contributed by atoms with Crippen LogP contribution in [0.15, 0.2) is 22.8 Å². The van der Waals surface area contributed by atoms with E-state index < -0.39 is 11.8 Å². The lowest BCUT2D eigenvalue weighted by molar-refractivity contribution is -0.119. The van der Waals surface area contributed by atoms with E-state index in [2.05, 4.69) is 25.6 Å². The van der Waals surface area contributed by atoms with Crippen LogP contribution in [-0.4, -0.2) is 48.9 Å². The van der Waals surface area contributed by atoms with Gasteiger partial charge in [0, 0.05) is 19.6 Å². The maximum absolute atomic E-state index is 11.7. The highest BCUT2D eigenvalue weighted by molar-refractivity contribution is 5.95. The fraction of sp³-hybridized carbons (Fsp3) is 0.333. The number of amides is 2. The lowest BCUT2D eigenvalue weighted by Gasteiger charge is -2.12. The second-order valence-electron chi connectivity index (χ2n) is 5.17. The van der Waals surface area contributed by atoms with E-state index in [0.717, 1.165) is 5.56 Å². The molecule has 0 saturated heterocycles. The summed E-state index contributed by atoms with van der Waals surface area (Å²) in [5.41, 5.74) is 11.4. The Labute approximate surface area is 149 Å². The van der Waals surface area contributed by atoms with Gasteiger partial charge in [-0.3, -0.25) is 9.59 Å². The summed E-state index contributed by atoms with van der Waals surface area (Å²) < 4.78 is 14.9. The molecule has 2 rings (SSSR count). The van der Waals surface area contributed by atoms with Crippen LogP contribution in [0.1, 0.15) is 16.1 Å². The number of nitrogen functional groups attached to an aromatic ring is 1. The molecule has 0 bridgehead atoms. The minimum atomic E-state index is -0.567. The molecule has 11 nitrogen and oxygen atoms in total. The smallest absolute Gasteiger partial charge is 0.277 e. The van der Waals surface area contributed by atoms with E-state index >= 15 is 0 Å². The summed E-state index contributed by atoms with van der Waals surface area (Å²) in [6.07, 6.45) is 0. The number of nitrogens with zero attached hydrogens (tertiary/aromatic N) is 2. The number of ether oxygens (including phenoxy) is 2. The van der Waals surface area contributed by atoms with Crippen molar-refractivity contribution in [1.29, 1.82) is 0 Å². The molecule has 26 heavy (non-hydrogen) atoms. The van der Waals surface area contributed by atoms with Gasteiger partial charge in [-0.05, 0) is 28.0 Å². The Morgan fingerprint density at radius 2 is 2.04 bits per heavy atom. The predicted molar refractivity (Wildman–Crippen MR) is 90.4 cm³/mol. The molecule has 0 unspecified atom stereocenters. The first-order chi connectivity index (χ1) is 12.5. The molecule has 2 aromatic rings. The lowest BCUT2D eigenvalue weighted by Crippen LogP contribution is -2.32. The molecule has 0 aliphatic heterocycles. The average Bonchev–Trinajstić information content (AvgIpc) is 3.05. The molecule has 0 aliphatic carbocycles. The zero-order chi connectivity index (χ0) is 18.9. The van der Waals surface area contributed by atoms with Crippen molar-refractivity contribution in [2.24, 2.45) is 5.73 Å². The third kappa shape index (κ3) is 5.34. The van der Waals surface area contributed by atoms with E-state index in [0.29, 0.717) is 31.1 Å². The van der Waals surface area contributed by atoms with Gasteiger partial charge in [-0.25, -0.2) is 4.63 Å². The number of nitrogens with two attached hydrogens (primary N) is 2. The zero-order valence-corrected chi connectivity index (χ0v) is 14.2. The molecule has 11 heteroatoms. The molecule has 0 spiro atoms. The second kappa shape index (κ2) is 9.22. The third-order valence-electron chi connectivity index (χ3n) is 3.24. The number of aromatic nitrogens is 2. The van der Waals surface area contributed by atoms with Crippen LogP contribution in [-0.2, 0) is 11.3 Å². The fourth-order valence-electron chi connectivity index (χ4n) is 2.02. The van der Waals surface area contributed by atoms with Crippen molar-refractivity contribution >= 4 is 17.6 Å². The number of primary amides is 1. The Hall–Kier alpha value is -3.34. The summed E-state index contributed by atoms with van der Waals surface area (Å²) in [6.45, 7) is 1.19. The van der Waals surface area contributed by atoms with E-state index in [1.165, 1.54) is 7.11 Å². The zero-order valence-electron chi connectivity index (χ0n) is 14.2. The van der Waals surface area contributed by atoms with Crippen molar-refractivity contribution in [2.45, 2.75) is 6.54 Å². The van der Waals surface area contributed by atoms with E-state index in [1.54, 1.807) is 12.1 Å².